The van der Waals surface area contributed by atoms with Crippen LogP contribution < -0.4 is 9.64 Å². The fourth-order valence-corrected chi connectivity index (χ4v) is 2.50. The van der Waals surface area contributed by atoms with Crippen molar-refractivity contribution in [3.63, 3.8) is 0 Å². The Morgan fingerprint density at radius 1 is 1.37 bits per heavy atom. The Morgan fingerprint density at radius 2 is 2.16 bits per heavy atom. The maximum Gasteiger partial charge on any atom is 0.121 e. The molecule has 19 heavy (non-hydrogen) atoms. The number of rotatable bonds is 2. The van der Waals surface area contributed by atoms with Gasteiger partial charge in [0.1, 0.15) is 11.8 Å². The van der Waals surface area contributed by atoms with Crippen LogP contribution in [0, 0.1) is 11.3 Å². The molecule has 1 aliphatic heterocycles. The Balaban J connectivity index is 2.28. The SMILES string of the molecule is COc1ccc(C#N)c(N2CCCC(C)(O)CC2)c1. The van der Waals surface area contributed by atoms with Crippen LogP contribution >= 0.6 is 0 Å². The summed E-state index contributed by atoms with van der Waals surface area (Å²) < 4.78 is 5.23. The molecule has 0 bridgehead atoms. The topological polar surface area (TPSA) is 56.5 Å². The Hall–Kier alpha value is -1.73. The lowest BCUT2D eigenvalue weighted by Gasteiger charge is -2.25. The molecule has 4 nitrogen and oxygen atoms in total. The summed E-state index contributed by atoms with van der Waals surface area (Å²) in [6.07, 6.45) is 2.44. The molecule has 0 aliphatic carbocycles. The van der Waals surface area contributed by atoms with Crippen LogP contribution in [0.4, 0.5) is 5.69 Å². The van der Waals surface area contributed by atoms with E-state index < -0.39 is 5.60 Å². The number of benzene rings is 1. The first-order chi connectivity index (χ1) is 9.05. The van der Waals surface area contributed by atoms with Gasteiger partial charge in [-0.1, -0.05) is 0 Å². The number of anilines is 1. The molecule has 4 heteroatoms. The minimum Gasteiger partial charge on any atom is -0.497 e. The Kier molecular flexibility index (Phi) is 3.96. The molecule has 0 aromatic heterocycles. The van der Waals surface area contributed by atoms with E-state index in [4.69, 9.17) is 4.74 Å². The van der Waals surface area contributed by atoms with Gasteiger partial charge in [0.15, 0.2) is 0 Å². The molecule has 1 aromatic rings. The van der Waals surface area contributed by atoms with Crippen molar-refractivity contribution in [3.05, 3.63) is 23.8 Å². The zero-order valence-corrected chi connectivity index (χ0v) is 11.5. The number of aliphatic hydroxyl groups is 1. The van der Waals surface area contributed by atoms with Gasteiger partial charge in [0.25, 0.3) is 0 Å². The molecule has 1 aromatic carbocycles. The summed E-state index contributed by atoms with van der Waals surface area (Å²) in [6, 6.07) is 7.72. The minimum atomic E-state index is -0.597. The van der Waals surface area contributed by atoms with Crippen LogP contribution in [0.2, 0.25) is 0 Å². The van der Waals surface area contributed by atoms with E-state index >= 15 is 0 Å². The van der Waals surface area contributed by atoms with Gasteiger partial charge in [0.05, 0.1) is 24.0 Å². The zero-order chi connectivity index (χ0) is 13.9. The summed E-state index contributed by atoms with van der Waals surface area (Å²) in [5, 5.41) is 19.3. The van der Waals surface area contributed by atoms with Crippen LogP contribution in [0.3, 0.4) is 0 Å². The molecule has 1 N–H and O–H groups in total. The van der Waals surface area contributed by atoms with Crippen molar-refractivity contribution < 1.29 is 9.84 Å². The van der Waals surface area contributed by atoms with E-state index in [1.165, 1.54) is 0 Å². The van der Waals surface area contributed by atoms with Crippen LogP contribution in [0.25, 0.3) is 0 Å². The third kappa shape index (κ3) is 3.18. The summed E-state index contributed by atoms with van der Waals surface area (Å²) in [5.74, 6) is 0.755. The van der Waals surface area contributed by atoms with Gasteiger partial charge in [-0.2, -0.15) is 5.26 Å². The highest BCUT2D eigenvalue weighted by molar-refractivity contribution is 5.62. The molecule has 0 saturated carbocycles. The molecule has 1 aliphatic rings. The third-order valence-electron chi connectivity index (χ3n) is 3.73. The molecule has 1 unspecified atom stereocenters. The van der Waals surface area contributed by atoms with Gasteiger partial charge >= 0.3 is 0 Å². The number of nitrogens with zero attached hydrogens (tertiary/aromatic N) is 2. The lowest BCUT2D eigenvalue weighted by Crippen LogP contribution is -2.28. The highest BCUT2D eigenvalue weighted by Gasteiger charge is 2.26. The predicted octanol–water partition coefficient (Wildman–Crippen LogP) is 2.31. The van der Waals surface area contributed by atoms with Crippen molar-refractivity contribution in [2.45, 2.75) is 31.8 Å². The second kappa shape index (κ2) is 5.50. The molecular weight excluding hydrogens is 240 g/mol. The van der Waals surface area contributed by atoms with Gasteiger partial charge in [-0.3, -0.25) is 0 Å². The van der Waals surface area contributed by atoms with E-state index in [0.717, 1.165) is 43.8 Å². The van der Waals surface area contributed by atoms with Crippen molar-refractivity contribution in [1.82, 2.24) is 0 Å². The normalized spacial score (nSPS) is 23.6. The fraction of sp³-hybridized carbons (Fsp3) is 0.533. The fourth-order valence-electron chi connectivity index (χ4n) is 2.50. The maximum atomic E-state index is 10.1. The summed E-state index contributed by atoms with van der Waals surface area (Å²) in [6.45, 7) is 3.50. The summed E-state index contributed by atoms with van der Waals surface area (Å²) >= 11 is 0. The Bertz CT molecular complexity index is 491. The lowest BCUT2D eigenvalue weighted by molar-refractivity contribution is 0.0481. The molecule has 0 amide bonds. The highest BCUT2D eigenvalue weighted by Crippen LogP contribution is 2.30. The summed E-state index contributed by atoms with van der Waals surface area (Å²) in [5.41, 5.74) is 0.961. The third-order valence-corrected chi connectivity index (χ3v) is 3.73. The van der Waals surface area contributed by atoms with Crippen LogP contribution in [0.1, 0.15) is 31.7 Å². The van der Waals surface area contributed by atoms with Gasteiger partial charge in [-0.15, -0.1) is 0 Å². The van der Waals surface area contributed by atoms with Gasteiger partial charge < -0.3 is 14.7 Å². The largest absolute Gasteiger partial charge is 0.497 e. The number of methoxy groups -OCH3 is 1. The quantitative estimate of drug-likeness (QED) is 0.886. The van der Waals surface area contributed by atoms with E-state index in [9.17, 15) is 10.4 Å². The average Bonchev–Trinajstić information content (AvgIpc) is 2.59. The van der Waals surface area contributed by atoms with Crippen molar-refractivity contribution in [2.75, 3.05) is 25.1 Å². The molecule has 0 spiro atoms. The number of ether oxygens (including phenoxy) is 1. The number of nitriles is 1. The molecule has 1 heterocycles. The molecule has 102 valence electrons. The van der Waals surface area contributed by atoms with E-state index in [0.29, 0.717) is 5.56 Å². The number of hydrogen-bond acceptors (Lipinski definition) is 4. The summed E-state index contributed by atoms with van der Waals surface area (Å²) in [7, 11) is 1.62. The Morgan fingerprint density at radius 3 is 2.84 bits per heavy atom. The molecular formula is C15H20N2O2. The van der Waals surface area contributed by atoms with E-state index in [2.05, 4.69) is 11.0 Å². The van der Waals surface area contributed by atoms with Gasteiger partial charge in [0.2, 0.25) is 0 Å². The lowest BCUT2D eigenvalue weighted by atomic mass is 9.98. The summed E-state index contributed by atoms with van der Waals surface area (Å²) in [4.78, 5) is 2.17. The maximum absolute atomic E-state index is 10.1. The zero-order valence-electron chi connectivity index (χ0n) is 11.5. The molecule has 1 fully saturated rings. The predicted molar refractivity (Wildman–Crippen MR) is 74.4 cm³/mol. The second-order valence-electron chi connectivity index (χ2n) is 5.33. The van der Waals surface area contributed by atoms with Crippen LogP contribution in [0.5, 0.6) is 5.75 Å². The first-order valence-electron chi connectivity index (χ1n) is 6.61. The first-order valence-corrected chi connectivity index (χ1v) is 6.61. The van der Waals surface area contributed by atoms with Crippen LogP contribution in [0.15, 0.2) is 18.2 Å². The minimum absolute atomic E-state index is 0.597. The molecule has 2 rings (SSSR count). The van der Waals surface area contributed by atoms with Crippen LogP contribution in [-0.4, -0.2) is 30.9 Å². The molecule has 1 saturated heterocycles. The van der Waals surface area contributed by atoms with Gasteiger partial charge in [-0.05, 0) is 38.3 Å². The van der Waals surface area contributed by atoms with Crippen LogP contribution in [-0.2, 0) is 0 Å². The van der Waals surface area contributed by atoms with Crippen molar-refractivity contribution in [3.8, 4) is 11.8 Å². The smallest absolute Gasteiger partial charge is 0.121 e. The van der Waals surface area contributed by atoms with E-state index in [1.807, 2.05) is 13.0 Å². The van der Waals surface area contributed by atoms with Crippen molar-refractivity contribution >= 4 is 5.69 Å². The number of hydrogen-bond donors (Lipinski definition) is 1. The second-order valence-corrected chi connectivity index (χ2v) is 5.33. The standard InChI is InChI=1S/C15H20N2O2/c1-15(18)6-3-8-17(9-7-15)14-10-13(19-2)5-4-12(14)11-16/h4-5,10,18H,3,6-9H2,1-2H3. The van der Waals surface area contributed by atoms with Gasteiger partial charge in [0, 0.05) is 19.2 Å². The molecule has 1 atom stereocenters. The molecule has 0 radical (unpaired) electrons. The Labute approximate surface area is 114 Å². The van der Waals surface area contributed by atoms with Crippen molar-refractivity contribution in [1.29, 1.82) is 5.26 Å². The van der Waals surface area contributed by atoms with E-state index in [1.54, 1.807) is 19.2 Å². The average molecular weight is 260 g/mol. The highest BCUT2D eigenvalue weighted by atomic mass is 16.5. The van der Waals surface area contributed by atoms with Crippen molar-refractivity contribution in [2.24, 2.45) is 0 Å². The monoisotopic (exact) mass is 260 g/mol. The van der Waals surface area contributed by atoms with E-state index in [-0.39, 0.29) is 0 Å². The first kappa shape index (κ1) is 13.7. The van der Waals surface area contributed by atoms with Gasteiger partial charge in [-0.25, -0.2) is 0 Å².